The summed E-state index contributed by atoms with van der Waals surface area (Å²) in [7, 11) is 1.32. The maximum absolute atomic E-state index is 12.4. The number of amides is 1. The molecule has 0 aromatic carbocycles. The Balaban J connectivity index is 2.92. The maximum atomic E-state index is 12.4. The van der Waals surface area contributed by atoms with E-state index in [1.165, 1.54) is 7.11 Å². The van der Waals surface area contributed by atoms with Crippen LogP contribution in [0.25, 0.3) is 0 Å². The molecule has 0 saturated heterocycles. The molecule has 118 valence electrons. The molecule has 1 N–H and O–H groups in total. The predicted molar refractivity (Wildman–Crippen MR) is 79.8 cm³/mol. The summed E-state index contributed by atoms with van der Waals surface area (Å²) in [6.45, 7) is 11.2. The molecule has 1 rings (SSSR count). The number of methoxy groups -OCH3 is 1. The first-order valence-corrected chi connectivity index (χ1v) is 6.99. The zero-order valence-corrected chi connectivity index (χ0v) is 13.9. The summed E-state index contributed by atoms with van der Waals surface area (Å²) in [5.41, 5.74) is 1.32. The zero-order chi connectivity index (χ0) is 16.4. The van der Waals surface area contributed by atoms with Gasteiger partial charge in [-0.1, -0.05) is 20.8 Å². The second-order valence-corrected chi connectivity index (χ2v) is 6.38. The van der Waals surface area contributed by atoms with E-state index in [2.05, 4.69) is 10.4 Å². The number of hydrogen-bond donors (Lipinski definition) is 1. The largest absolute Gasteiger partial charge is 0.467 e. The molecule has 21 heavy (non-hydrogen) atoms. The van der Waals surface area contributed by atoms with E-state index in [1.807, 2.05) is 40.7 Å². The molecule has 2 atom stereocenters. The van der Waals surface area contributed by atoms with Crippen molar-refractivity contribution >= 4 is 11.9 Å². The number of nitrogens with one attached hydrogen (secondary N) is 1. The lowest BCUT2D eigenvalue weighted by Crippen LogP contribution is -2.51. The first-order chi connectivity index (χ1) is 9.57. The molecule has 1 amide bonds. The second kappa shape index (κ2) is 6.28. The Labute approximate surface area is 125 Å². The highest BCUT2D eigenvalue weighted by atomic mass is 16.5. The van der Waals surface area contributed by atoms with Crippen molar-refractivity contribution in [3.63, 3.8) is 0 Å². The van der Waals surface area contributed by atoms with E-state index in [0.29, 0.717) is 0 Å². The van der Waals surface area contributed by atoms with Gasteiger partial charge >= 0.3 is 5.97 Å². The summed E-state index contributed by atoms with van der Waals surface area (Å²) in [6, 6.07) is 0.716. The van der Waals surface area contributed by atoms with E-state index in [4.69, 9.17) is 4.74 Å². The van der Waals surface area contributed by atoms with Gasteiger partial charge in [-0.25, -0.2) is 4.79 Å². The number of carbonyl (C=O) groups excluding carboxylic acids is 2. The van der Waals surface area contributed by atoms with Crippen molar-refractivity contribution in [1.82, 2.24) is 15.1 Å². The van der Waals surface area contributed by atoms with Crippen LogP contribution in [0.2, 0.25) is 0 Å². The molecule has 0 aliphatic heterocycles. The van der Waals surface area contributed by atoms with Crippen molar-refractivity contribution in [3.05, 3.63) is 17.5 Å². The zero-order valence-electron chi connectivity index (χ0n) is 13.9. The van der Waals surface area contributed by atoms with Crippen LogP contribution in [0, 0.1) is 19.3 Å². The first-order valence-electron chi connectivity index (χ1n) is 6.99. The van der Waals surface area contributed by atoms with Gasteiger partial charge in [0, 0.05) is 5.69 Å². The topological polar surface area (TPSA) is 73.2 Å². The quantitative estimate of drug-likeness (QED) is 0.859. The predicted octanol–water partition coefficient (Wildman–Crippen LogP) is 1.76. The molecule has 6 nitrogen and oxygen atoms in total. The van der Waals surface area contributed by atoms with Crippen LogP contribution in [0.5, 0.6) is 0 Å². The molecule has 0 radical (unpaired) electrons. The fraction of sp³-hybridized carbons (Fsp3) is 0.667. The van der Waals surface area contributed by atoms with Crippen LogP contribution in [-0.4, -0.2) is 34.8 Å². The third-order valence-corrected chi connectivity index (χ3v) is 3.38. The van der Waals surface area contributed by atoms with E-state index in [0.717, 1.165) is 11.4 Å². The summed E-state index contributed by atoms with van der Waals surface area (Å²) in [4.78, 5) is 24.3. The van der Waals surface area contributed by atoms with Crippen LogP contribution in [0.15, 0.2) is 6.07 Å². The Bertz CT molecular complexity index is 529. The fourth-order valence-electron chi connectivity index (χ4n) is 2.16. The molecular formula is C15H25N3O3. The number of rotatable bonds is 4. The average molecular weight is 295 g/mol. The van der Waals surface area contributed by atoms with E-state index in [1.54, 1.807) is 11.6 Å². The van der Waals surface area contributed by atoms with Crippen LogP contribution >= 0.6 is 0 Å². The summed E-state index contributed by atoms with van der Waals surface area (Å²) in [5.74, 6) is -0.706. The Hall–Kier alpha value is -1.85. The average Bonchev–Trinajstić information content (AvgIpc) is 2.71. The van der Waals surface area contributed by atoms with Crippen LogP contribution < -0.4 is 5.32 Å². The van der Waals surface area contributed by atoms with Gasteiger partial charge in [-0.3, -0.25) is 9.48 Å². The molecule has 0 saturated carbocycles. The number of ether oxygens (including phenoxy) is 1. The molecule has 6 heteroatoms. The van der Waals surface area contributed by atoms with Gasteiger partial charge in [-0.2, -0.15) is 5.10 Å². The summed E-state index contributed by atoms with van der Waals surface area (Å²) < 4.78 is 6.43. The van der Waals surface area contributed by atoms with Crippen molar-refractivity contribution in [2.75, 3.05) is 7.11 Å². The Kier molecular flexibility index (Phi) is 5.15. The standard InChI is InChI=1S/C15H25N3O3/c1-9-8-10(2)18(17-9)11(3)13(19)16-12(14(20)21-7)15(4,5)6/h8,11-12H,1-7H3,(H,16,19)/t11-,12-/m1/s1. The Morgan fingerprint density at radius 2 is 1.90 bits per heavy atom. The van der Waals surface area contributed by atoms with Crippen LogP contribution in [0.1, 0.15) is 45.1 Å². The fourth-order valence-corrected chi connectivity index (χ4v) is 2.16. The number of aromatic nitrogens is 2. The van der Waals surface area contributed by atoms with E-state index < -0.39 is 23.5 Å². The molecule has 0 unspecified atom stereocenters. The lowest BCUT2D eigenvalue weighted by Gasteiger charge is -2.30. The summed E-state index contributed by atoms with van der Waals surface area (Å²) in [6.07, 6.45) is 0. The molecular weight excluding hydrogens is 270 g/mol. The third kappa shape index (κ3) is 4.06. The smallest absolute Gasteiger partial charge is 0.328 e. The lowest BCUT2D eigenvalue weighted by molar-refractivity contribution is -0.148. The molecule has 0 spiro atoms. The van der Waals surface area contributed by atoms with Crippen molar-refractivity contribution in [2.45, 2.75) is 53.6 Å². The molecule has 0 fully saturated rings. The highest BCUT2D eigenvalue weighted by Gasteiger charge is 2.35. The van der Waals surface area contributed by atoms with Gasteiger partial charge in [0.25, 0.3) is 0 Å². The van der Waals surface area contributed by atoms with Gasteiger partial charge in [0.2, 0.25) is 5.91 Å². The van der Waals surface area contributed by atoms with Gasteiger partial charge in [0.1, 0.15) is 12.1 Å². The minimum atomic E-state index is -0.700. The van der Waals surface area contributed by atoms with Gasteiger partial charge < -0.3 is 10.1 Å². The number of carbonyl (C=O) groups is 2. The van der Waals surface area contributed by atoms with Crippen molar-refractivity contribution in [1.29, 1.82) is 0 Å². The van der Waals surface area contributed by atoms with Crippen molar-refractivity contribution in [2.24, 2.45) is 5.41 Å². The normalized spacial score (nSPS) is 14.4. The van der Waals surface area contributed by atoms with Gasteiger partial charge in [0.15, 0.2) is 0 Å². The SMILES string of the molecule is COC(=O)[C@@H](NC(=O)[C@@H](C)n1nc(C)cc1C)C(C)(C)C. The minimum absolute atomic E-state index is 0.258. The second-order valence-electron chi connectivity index (χ2n) is 6.38. The van der Waals surface area contributed by atoms with Crippen molar-refractivity contribution < 1.29 is 14.3 Å². The summed E-state index contributed by atoms with van der Waals surface area (Å²) in [5, 5.41) is 7.07. The van der Waals surface area contributed by atoms with Crippen LogP contribution in [0.4, 0.5) is 0 Å². The van der Waals surface area contributed by atoms with Crippen LogP contribution in [0.3, 0.4) is 0 Å². The van der Waals surface area contributed by atoms with E-state index >= 15 is 0 Å². The molecule has 0 aliphatic carbocycles. The number of hydrogen-bond acceptors (Lipinski definition) is 4. The first kappa shape index (κ1) is 17.2. The molecule has 0 bridgehead atoms. The Morgan fingerprint density at radius 3 is 2.29 bits per heavy atom. The highest BCUT2D eigenvalue weighted by Crippen LogP contribution is 2.21. The molecule has 1 heterocycles. The lowest BCUT2D eigenvalue weighted by atomic mass is 9.86. The monoisotopic (exact) mass is 295 g/mol. The Morgan fingerprint density at radius 1 is 1.33 bits per heavy atom. The van der Waals surface area contributed by atoms with Gasteiger partial charge in [-0.15, -0.1) is 0 Å². The van der Waals surface area contributed by atoms with Crippen molar-refractivity contribution in [3.8, 4) is 0 Å². The van der Waals surface area contributed by atoms with Gasteiger partial charge in [0.05, 0.1) is 12.8 Å². The van der Waals surface area contributed by atoms with Crippen LogP contribution in [-0.2, 0) is 14.3 Å². The maximum Gasteiger partial charge on any atom is 0.328 e. The molecule has 1 aromatic heterocycles. The van der Waals surface area contributed by atoms with E-state index in [-0.39, 0.29) is 5.91 Å². The number of nitrogens with zero attached hydrogens (tertiary/aromatic N) is 2. The number of esters is 1. The molecule has 0 aliphatic rings. The number of aryl methyl sites for hydroxylation is 2. The van der Waals surface area contributed by atoms with Gasteiger partial charge in [-0.05, 0) is 32.3 Å². The minimum Gasteiger partial charge on any atom is -0.467 e. The van der Waals surface area contributed by atoms with E-state index in [9.17, 15) is 9.59 Å². The third-order valence-electron chi connectivity index (χ3n) is 3.38. The summed E-state index contributed by atoms with van der Waals surface area (Å²) >= 11 is 0. The molecule has 1 aromatic rings. The highest BCUT2D eigenvalue weighted by molar-refractivity contribution is 5.86.